The molecule has 2 nitrogen and oxygen atoms in total. The van der Waals surface area contributed by atoms with Crippen molar-refractivity contribution in [2.75, 3.05) is 6.61 Å². The van der Waals surface area contributed by atoms with Gasteiger partial charge in [-0.1, -0.05) is 6.92 Å². The lowest BCUT2D eigenvalue weighted by Gasteiger charge is -2.41. The van der Waals surface area contributed by atoms with Crippen molar-refractivity contribution < 1.29 is 5.11 Å². The lowest BCUT2D eigenvalue weighted by Crippen LogP contribution is -2.46. The van der Waals surface area contributed by atoms with E-state index in [9.17, 15) is 0 Å². The Balaban J connectivity index is 0.000000640. The molecule has 56 valence electrons. The molecule has 1 aliphatic carbocycles. The Bertz CT molecular complexity index is 91.1. The Kier molecular flexibility index (Phi) is 2.93. The van der Waals surface area contributed by atoms with Gasteiger partial charge in [-0.15, -0.1) is 12.4 Å². The van der Waals surface area contributed by atoms with Gasteiger partial charge >= 0.3 is 0 Å². The van der Waals surface area contributed by atoms with Gasteiger partial charge in [0, 0.05) is 12.6 Å². The zero-order valence-electron chi connectivity index (χ0n) is 5.63. The molecular weight excluding hydrogens is 138 g/mol. The van der Waals surface area contributed by atoms with Crippen LogP contribution >= 0.6 is 12.4 Å². The first-order valence-electron chi connectivity index (χ1n) is 3.03. The summed E-state index contributed by atoms with van der Waals surface area (Å²) >= 11 is 0. The largest absolute Gasteiger partial charge is 0.396 e. The van der Waals surface area contributed by atoms with E-state index in [1.807, 2.05) is 0 Å². The summed E-state index contributed by atoms with van der Waals surface area (Å²) in [6.07, 6.45) is 1.98. The molecule has 0 bridgehead atoms. The van der Waals surface area contributed by atoms with Crippen LogP contribution in [0.1, 0.15) is 19.8 Å². The van der Waals surface area contributed by atoms with Crippen molar-refractivity contribution in [1.29, 1.82) is 0 Å². The number of nitrogens with two attached hydrogens (primary N) is 1. The van der Waals surface area contributed by atoms with Crippen LogP contribution < -0.4 is 5.73 Å². The Morgan fingerprint density at radius 3 is 2.22 bits per heavy atom. The number of hydrogen-bond donors (Lipinski definition) is 2. The molecule has 3 heteroatoms. The van der Waals surface area contributed by atoms with Gasteiger partial charge in [-0.3, -0.25) is 0 Å². The summed E-state index contributed by atoms with van der Waals surface area (Å²) in [6.45, 7) is 2.36. The van der Waals surface area contributed by atoms with Crippen molar-refractivity contribution in [1.82, 2.24) is 0 Å². The summed E-state index contributed by atoms with van der Waals surface area (Å²) in [5, 5.41) is 8.71. The molecule has 0 amide bonds. The average molecular weight is 152 g/mol. The Morgan fingerprint density at radius 1 is 1.67 bits per heavy atom. The van der Waals surface area contributed by atoms with Crippen molar-refractivity contribution in [2.45, 2.75) is 25.8 Å². The van der Waals surface area contributed by atoms with Crippen LogP contribution in [0.25, 0.3) is 0 Å². The van der Waals surface area contributed by atoms with Gasteiger partial charge < -0.3 is 10.8 Å². The summed E-state index contributed by atoms with van der Waals surface area (Å²) in [6, 6.07) is 0.354. The predicted molar refractivity (Wildman–Crippen MR) is 39.7 cm³/mol. The van der Waals surface area contributed by atoms with Crippen LogP contribution in [0.15, 0.2) is 0 Å². The maximum atomic E-state index is 8.71. The maximum Gasteiger partial charge on any atom is 0.0485 e. The number of rotatable bonds is 1. The fourth-order valence-corrected chi connectivity index (χ4v) is 1.34. The topological polar surface area (TPSA) is 46.2 Å². The Morgan fingerprint density at radius 2 is 2.11 bits per heavy atom. The Hall–Kier alpha value is 0.210. The fourth-order valence-electron chi connectivity index (χ4n) is 1.34. The highest BCUT2D eigenvalue weighted by Gasteiger charge is 2.37. The molecule has 0 heterocycles. The summed E-state index contributed by atoms with van der Waals surface area (Å²) in [4.78, 5) is 0. The van der Waals surface area contributed by atoms with E-state index in [1.165, 1.54) is 0 Å². The molecule has 0 spiro atoms. The molecule has 0 atom stereocenters. The van der Waals surface area contributed by atoms with Gasteiger partial charge in [-0.2, -0.15) is 0 Å². The van der Waals surface area contributed by atoms with E-state index in [0.717, 1.165) is 12.8 Å². The molecule has 0 aromatic rings. The van der Waals surface area contributed by atoms with Gasteiger partial charge in [0.05, 0.1) is 0 Å². The van der Waals surface area contributed by atoms with E-state index in [0.29, 0.717) is 12.6 Å². The molecule has 0 aromatic carbocycles. The summed E-state index contributed by atoms with van der Waals surface area (Å²) < 4.78 is 0. The lowest BCUT2D eigenvalue weighted by molar-refractivity contribution is 0.0460. The van der Waals surface area contributed by atoms with Crippen molar-refractivity contribution in [3.63, 3.8) is 0 Å². The van der Waals surface area contributed by atoms with Crippen LogP contribution in [-0.2, 0) is 0 Å². The fraction of sp³-hybridized carbons (Fsp3) is 1.00. The molecule has 0 saturated heterocycles. The monoisotopic (exact) mass is 151 g/mol. The van der Waals surface area contributed by atoms with Gasteiger partial charge in [0.15, 0.2) is 0 Å². The van der Waals surface area contributed by atoms with E-state index in [4.69, 9.17) is 10.8 Å². The quantitative estimate of drug-likeness (QED) is 0.575. The van der Waals surface area contributed by atoms with Crippen LogP contribution in [0.4, 0.5) is 0 Å². The van der Waals surface area contributed by atoms with Crippen molar-refractivity contribution in [2.24, 2.45) is 11.1 Å². The smallest absolute Gasteiger partial charge is 0.0485 e. The molecule has 0 unspecified atom stereocenters. The average Bonchev–Trinajstić information content (AvgIpc) is 1.63. The van der Waals surface area contributed by atoms with Gasteiger partial charge in [0.2, 0.25) is 0 Å². The first-order valence-corrected chi connectivity index (χ1v) is 3.03. The van der Waals surface area contributed by atoms with Crippen molar-refractivity contribution in [3.8, 4) is 0 Å². The van der Waals surface area contributed by atoms with Crippen LogP contribution in [0.2, 0.25) is 0 Å². The molecule has 3 N–H and O–H groups in total. The van der Waals surface area contributed by atoms with E-state index in [-0.39, 0.29) is 17.8 Å². The van der Waals surface area contributed by atoms with E-state index in [1.54, 1.807) is 0 Å². The standard InChI is InChI=1S/C6H13NO.ClH/c1-6(4-8)2-5(7)3-6;/h5,8H,2-4,7H2,1H3;1H. The minimum atomic E-state index is 0. The molecule has 1 aliphatic rings. The van der Waals surface area contributed by atoms with E-state index in [2.05, 4.69) is 6.92 Å². The van der Waals surface area contributed by atoms with Crippen LogP contribution in [0.3, 0.4) is 0 Å². The highest BCUT2D eigenvalue weighted by Crippen LogP contribution is 2.38. The minimum absolute atomic E-state index is 0. The van der Waals surface area contributed by atoms with Crippen LogP contribution in [0, 0.1) is 5.41 Å². The lowest BCUT2D eigenvalue weighted by atomic mass is 9.68. The first kappa shape index (κ1) is 9.21. The highest BCUT2D eigenvalue weighted by molar-refractivity contribution is 5.85. The second-order valence-corrected chi connectivity index (χ2v) is 3.14. The van der Waals surface area contributed by atoms with Gasteiger partial charge in [-0.25, -0.2) is 0 Å². The normalized spacial score (nSPS) is 41.0. The first-order chi connectivity index (χ1) is 3.66. The maximum absolute atomic E-state index is 8.71. The molecular formula is C6H14ClNO. The third-order valence-corrected chi connectivity index (χ3v) is 1.89. The van der Waals surface area contributed by atoms with Gasteiger partial charge in [0.25, 0.3) is 0 Å². The third kappa shape index (κ3) is 1.81. The SMILES string of the molecule is CC1(CO)CC(N)C1.Cl. The van der Waals surface area contributed by atoms with Gasteiger partial charge in [0.1, 0.15) is 0 Å². The molecule has 0 aliphatic heterocycles. The summed E-state index contributed by atoms with van der Waals surface area (Å²) in [5.41, 5.74) is 5.68. The molecule has 1 saturated carbocycles. The van der Waals surface area contributed by atoms with Crippen molar-refractivity contribution in [3.05, 3.63) is 0 Å². The molecule has 0 aromatic heterocycles. The molecule has 9 heavy (non-hydrogen) atoms. The number of hydrogen-bond acceptors (Lipinski definition) is 2. The van der Waals surface area contributed by atoms with Crippen molar-refractivity contribution >= 4 is 12.4 Å². The minimum Gasteiger partial charge on any atom is -0.396 e. The number of halogens is 1. The second-order valence-electron chi connectivity index (χ2n) is 3.14. The predicted octanol–water partition coefficient (Wildman–Crippen LogP) is 0.528. The van der Waals surface area contributed by atoms with Gasteiger partial charge in [-0.05, 0) is 18.3 Å². The molecule has 0 radical (unpaired) electrons. The second kappa shape index (κ2) is 2.86. The van der Waals surface area contributed by atoms with Crippen LogP contribution in [-0.4, -0.2) is 17.8 Å². The summed E-state index contributed by atoms with van der Waals surface area (Å²) in [5.74, 6) is 0. The third-order valence-electron chi connectivity index (χ3n) is 1.89. The Labute approximate surface area is 61.8 Å². The zero-order chi connectivity index (χ0) is 6.20. The van der Waals surface area contributed by atoms with Crippen LogP contribution in [0.5, 0.6) is 0 Å². The summed E-state index contributed by atoms with van der Waals surface area (Å²) in [7, 11) is 0. The molecule has 1 fully saturated rings. The number of aliphatic hydroxyl groups is 1. The number of aliphatic hydroxyl groups excluding tert-OH is 1. The zero-order valence-corrected chi connectivity index (χ0v) is 6.45. The molecule has 1 rings (SSSR count). The van der Waals surface area contributed by atoms with E-state index < -0.39 is 0 Å². The van der Waals surface area contributed by atoms with E-state index >= 15 is 0 Å². The highest BCUT2D eigenvalue weighted by atomic mass is 35.5.